The summed E-state index contributed by atoms with van der Waals surface area (Å²) in [5.74, 6) is 0.579. The molecule has 0 aromatic rings. The largest absolute Gasteiger partial charge is 0.433 e. The van der Waals surface area contributed by atoms with Crippen molar-refractivity contribution in [2.24, 2.45) is 11.4 Å². The molecule has 2 atom stereocenters. The lowest BCUT2D eigenvalue weighted by atomic mass is 9.83. The summed E-state index contributed by atoms with van der Waals surface area (Å²) in [6, 6.07) is 0. The standard InChI is InChI=1S/C10H17NOP/c1-8-4-3-5-10(9(8)2)6-7-13(11)12/h6,8H,2-5,7H2,1H3,(H2,11,12)/q+1/b10-6-/t8-/m0/s1. The predicted molar refractivity (Wildman–Crippen MR) is 56.9 cm³/mol. The molecule has 0 bridgehead atoms. The molecule has 1 rings (SSSR count). The molecule has 13 heavy (non-hydrogen) atoms. The third kappa shape index (κ3) is 3.06. The van der Waals surface area contributed by atoms with Crippen molar-refractivity contribution in [1.29, 1.82) is 0 Å². The van der Waals surface area contributed by atoms with E-state index in [2.05, 4.69) is 13.5 Å². The van der Waals surface area contributed by atoms with E-state index in [-0.39, 0.29) is 0 Å². The van der Waals surface area contributed by atoms with E-state index in [0.29, 0.717) is 12.1 Å². The molecule has 0 aromatic heterocycles. The first-order valence-electron chi connectivity index (χ1n) is 4.69. The van der Waals surface area contributed by atoms with E-state index < -0.39 is 7.95 Å². The lowest BCUT2D eigenvalue weighted by Gasteiger charge is -2.23. The predicted octanol–water partition coefficient (Wildman–Crippen LogP) is 2.99. The molecule has 3 heteroatoms. The van der Waals surface area contributed by atoms with Gasteiger partial charge in [0, 0.05) is 0 Å². The summed E-state index contributed by atoms with van der Waals surface area (Å²) in [6.07, 6.45) is 6.01. The molecule has 0 heterocycles. The number of hydrogen-bond donors (Lipinski definition) is 1. The van der Waals surface area contributed by atoms with Crippen LogP contribution < -0.4 is 5.50 Å². The van der Waals surface area contributed by atoms with E-state index in [1.807, 2.05) is 6.08 Å². The first-order valence-corrected chi connectivity index (χ1v) is 6.20. The van der Waals surface area contributed by atoms with Gasteiger partial charge in [0.25, 0.3) is 0 Å². The Morgan fingerprint density at radius 2 is 2.46 bits per heavy atom. The van der Waals surface area contributed by atoms with Crippen LogP contribution in [-0.4, -0.2) is 6.16 Å². The molecule has 0 spiro atoms. The molecule has 2 nitrogen and oxygen atoms in total. The van der Waals surface area contributed by atoms with Gasteiger partial charge in [0.2, 0.25) is 0 Å². The summed E-state index contributed by atoms with van der Waals surface area (Å²) in [5.41, 5.74) is 7.71. The Kier molecular flexibility index (Phi) is 3.83. The second kappa shape index (κ2) is 4.69. The van der Waals surface area contributed by atoms with Gasteiger partial charge in [0.1, 0.15) is 0 Å². The van der Waals surface area contributed by atoms with E-state index in [1.54, 1.807) is 0 Å². The van der Waals surface area contributed by atoms with Crippen molar-refractivity contribution in [3.8, 4) is 0 Å². The van der Waals surface area contributed by atoms with Gasteiger partial charge in [0.05, 0.1) is 0 Å². The molecule has 0 radical (unpaired) electrons. The first-order chi connectivity index (χ1) is 6.11. The molecule has 1 unspecified atom stereocenters. The second-order valence-electron chi connectivity index (χ2n) is 3.65. The van der Waals surface area contributed by atoms with Crippen LogP contribution >= 0.6 is 7.95 Å². The molecule has 1 aliphatic rings. The highest BCUT2D eigenvalue weighted by Crippen LogP contribution is 2.32. The van der Waals surface area contributed by atoms with Crippen LogP contribution in [-0.2, 0) is 4.57 Å². The van der Waals surface area contributed by atoms with Crippen molar-refractivity contribution in [2.45, 2.75) is 26.2 Å². The summed E-state index contributed by atoms with van der Waals surface area (Å²) >= 11 is 0. The zero-order chi connectivity index (χ0) is 9.84. The Morgan fingerprint density at radius 3 is 3.08 bits per heavy atom. The Morgan fingerprint density at radius 1 is 1.77 bits per heavy atom. The van der Waals surface area contributed by atoms with E-state index in [9.17, 15) is 4.57 Å². The monoisotopic (exact) mass is 198 g/mol. The number of nitrogens with two attached hydrogens (primary N) is 1. The third-order valence-corrected chi connectivity index (χ3v) is 3.15. The summed E-state index contributed by atoms with van der Waals surface area (Å²) in [4.78, 5) is 0. The number of hydrogen-bond acceptors (Lipinski definition) is 1. The molecule has 2 N–H and O–H groups in total. The fourth-order valence-electron chi connectivity index (χ4n) is 1.68. The Hall–Kier alpha value is -0.460. The van der Waals surface area contributed by atoms with Crippen LogP contribution in [0.2, 0.25) is 0 Å². The quantitative estimate of drug-likeness (QED) is 0.693. The normalized spacial score (nSPS) is 27.8. The maximum atomic E-state index is 10.7. The average molecular weight is 198 g/mol. The van der Waals surface area contributed by atoms with Gasteiger partial charge in [-0.05, 0) is 42.4 Å². The average Bonchev–Trinajstić information content (AvgIpc) is 2.07. The molecular formula is C10H17NOP+. The molecule has 1 fully saturated rings. The van der Waals surface area contributed by atoms with E-state index in [4.69, 9.17) is 5.50 Å². The third-order valence-electron chi connectivity index (χ3n) is 2.61. The summed E-state index contributed by atoms with van der Waals surface area (Å²) in [7, 11) is -1.53. The van der Waals surface area contributed by atoms with E-state index >= 15 is 0 Å². The van der Waals surface area contributed by atoms with E-state index in [1.165, 1.54) is 24.0 Å². The van der Waals surface area contributed by atoms with Gasteiger partial charge in [-0.3, -0.25) is 0 Å². The highest BCUT2D eigenvalue weighted by Gasteiger charge is 2.17. The highest BCUT2D eigenvalue weighted by molar-refractivity contribution is 7.42. The molecule has 0 aromatic carbocycles. The first kappa shape index (κ1) is 10.6. The van der Waals surface area contributed by atoms with Crippen LogP contribution in [0.5, 0.6) is 0 Å². The molecule has 0 saturated heterocycles. The maximum absolute atomic E-state index is 10.7. The van der Waals surface area contributed by atoms with Gasteiger partial charge in [0.15, 0.2) is 6.16 Å². The summed E-state index contributed by atoms with van der Waals surface area (Å²) in [6.45, 7) is 6.24. The summed E-state index contributed by atoms with van der Waals surface area (Å²) < 4.78 is 10.7. The van der Waals surface area contributed by atoms with Crippen molar-refractivity contribution in [3.05, 3.63) is 23.8 Å². The van der Waals surface area contributed by atoms with Gasteiger partial charge in [-0.1, -0.05) is 18.1 Å². The number of rotatable bonds is 2. The minimum absolute atomic E-state index is 0.496. The van der Waals surface area contributed by atoms with Gasteiger partial charge < -0.3 is 0 Å². The topological polar surface area (TPSA) is 43.1 Å². The van der Waals surface area contributed by atoms with Gasteiger partial charge in [-0.2, -0.15) is 0 Å². The molecule has 1 aliphatic carbocycles. The van der Waals surface area contributed by atoms with Crippen LogP contribution in [0, 0.1) is 5.92 Å². The van der Waals surface area contributed by atoms with Crippen molar-refractivity contribution in [3.63, 3.8) is 0 Å². The van der Waals surface area contributed by atoms with Crippen LogP contribution in [0.25, 0.3) is 0 Å². The lowest BCUT2D eigenvalue weighted by molar-refractivity contribution is 0.540. The second-order valence-corrected chi connectivity index (χ2v) is 4.85. The van der Waals surface area contributed by atoms with Crippen LogP contribution in [0.3, 0.4) is 0 Å². The van der Waals surface area contributed by atoms with Gasteiger partial charge in [-0.15, -0.1) is 5.50 Å². The number of allylic oxidation sites excluding steroid dienone is 3. The van der Waals surface area contributed by atoms with Crippen molar-refractivity contribution in [2.75, 3.05) is 6.16 Å². The summed E-state index contributed by atoms with van der Waals surface area (Å²) in [5, 5.41) is 0. The molecule has 0 amide bonds. The Bertz CT molecular complexity index is 258. The fourth-order valence-corrected chi connectivity index (χ4v) is 2.08. The molecular weight excluding hydrogens is 181 g/mol. The smallest absolute Gasteiger partial charge is 0.121 e. The Labute approximate surface area is 80.7 Å². The van der Waals surface area contributed by atoms with Crippen molar-refractivity contribution in [1.82, 2.24) is 0 Å². The highest BCUT2D eigenvalue weighted by atomic mass is 31.1. The molecule has 1 saturated carbocycles. The van der Waals surface area contributed by atoms with Crippen LogP contribution in [0.1, 0.15) is 26.2 Å². The minimum atomic E-state index is -1.53. The van der Waals surface area contributed by atoms with Crippen LogP contribution in [0.15, 0.2) is 23.8 Å². The zero-order valence-corrected chi connectivity index (χ0v) is 9.02. The van der Waals surface area contributed by atoms with Gasteiger partial charge in [-0.25, -0.2) is 0 Å². The van der Waals surface area contributed by atoms with Crippen molar-refractivity contribution < 1.29 is 4.57 Å². The maximum Gasteiger partial charge on any atom is 0.433 e. The Balaban J connectivity index is 2.62. The van der Waals surface area contributed by atoms with E-state index in [0.717, 1.165) is 6.42 Å². The SMILES string of the molecule is C=C1/C(=C\C[P+](N)=O)CCC[C@@H]1C. The lowest BCUT2D eigenvalue weighted by Crippen LogP contribution is -2.08. The fraction of sp³-hybridized carbons (Fsp3) is 0.600. The van der Waals surface area contributed by atoms with Crippen molar-refractivity contribution >= 4 is 7.95 Å². The zero-order valence-electron chi connectivity index (χ0n) is 8.12. The van der Waals surface area contributed by atoms with Gasteiger partial charge >= 0.3 is 7.95 Å². The minimum Gasteiger partial charge on any atom is -0.121 e. The molecule has 72 valence electrons. The van der Waals surface area contributed by atoms with Crippen LogP contribution in [0.4, 0.5) is 0 Å². The molecule has 0 aliphatic heterocycles.